The molecule has 3 N–H and O–H groups in total. The highest BCUT2D eigenvalue weighted by Gasteiger charge is 2.18. The van der Waals surface area contributed by atoms with E-state index >= 15 is 0 Å². The number of benzene rings is 3. The molecule has 0 saturated heterocycles. The lowest BCUT2D eigenvalue weighted by molar-refractivity contribution is 0.0698. The van der Waals surface area contributed by atoms with E-state index in [1.165, 1.54) is 18.2 Å². The summed E-state index contributed by atoms with van der Waals surface area (Å²) in [4.78, 5) is 29.1. The Hall–Kier alpha value is -4.36. The molecule has 3 aromatic carbocycles. The first-order valence-electron chi connectivity index (χ1n) is 10.0. The molecule has 0 fully saturated rings. The molecular weight excluding hydrogens is 456 g/mol. The van der Waals surface area contributed by atoms with E-state index in [0.717, 1.165) is 5.56 Å². The largest absolute Gasteiger partial charge is 0.507 e. The van der Waals surface area contributed by atoms with Crippen LogP contribution in [0, 0.1) is 0 Å². The Morgan fingerprint density at radius 3 is 2.32 bits per heavy atom. The van der Waals surface area contributed by atoms with E-state index in [-0.39, 0.29) is 35.0 Å². The molecule has 7 nitrogen and oxygen atoms in total. The van der Waals surface area contributed by atoms with Crippen LogP contribution < -0.4 is 10.1 Å². The molecule has 0 spiro atoms. The number of carboxylic acids is 1. The Kier molecular flexibility index (Phi) is 7.50. The Morgan fingerprint density at radius 2 is 1.62 bits per heavy atom. The molecule has 0 bridgehead atoms. The number of carbonyl (C=O) groups excluding carboxylic acids is 1. The number of carboxylic acid groups (broad SMARTS) is 1. The number of amides is 1. The van der Waals surface area contributed by atoms with Crippen LogP contribution >= 0.6 is 12.4 Å². The Morgan fingerprint density at radius 1 is 0.882 bits per heavy atom. The van der Waals surface area contributed by atoms with Gasteiger partial charge in [-0.15, -0.1) is 12.4 Å². The topological polar surface area (TPSA) is 109 Å². The van der Waals surface area contributed by atoms with Crippen LogP contribution in [0.15, 0.2) is 85.1 Å². The number of para-hydroxylation sites is 1. The molecule has 8 heteroatoms. The first-order valence-corrected chi connectivity index (χ1v) is 10.0. The number of rotatable bonds is 6. The summed E-state index contributed by atoms with van der Waals surface area (Å²) in [6.45, 7) is 0. The van der Waals surface area contributed by atoms with Gasteiger partial charge in [0.15, 0.2) is 0 Å². The lowest BCUT2D eigenvalue weighted by Crippen LogP contribution is -2.15. The van der Waals surface area contributed by atoms with E-state index in [2.05, 4.69) is 10.3 Å². The van der Waals surface area contributed by atoms with Crippen LogP contribution in [0.1, 0.15) is 20.7 Å². The average molecular weight is 477 g/mol. The minimum absolute atomic E-state index is 0. The zero-order chi connectivity index (χ0) is 23.4. The lowest BCUT2D eigenvalue weighted by atomic mass is 10.0. The first kappa shape index (κ1) is 24.3. The van der Waals surface area contributed by atoms with Gasteiger partial charge < -0.3 is 20.3 Å². The summed E-state index contributed by atoms with van der Waals surface area (Å²) >= 11 is 0. The number of methoxy groups -OCH3 is 1. The molecule has 0 unspecified atom stereocenters. The first-order chi connectivity index (χ1) is 16.0. The minimum Gasteiger partial charge on any atom is -0.507 e. The summed E-state index contributed by atoms with van der Waals surface area (Å²) in [6, 6.07) is 21.9. The molecule has 0 aliphatic heterocycles. The van der Waals surface area contributed by atoms with Crippen LogP contribution in [0.5, 0.6) is 11.5 Å². The summed E-state index contributed by atoms with van der Waals surface area (Å²) in [5.74, 6) is -1.46. The molecule has 0 radical (unpaired) electrons. The van der Waals surface area contributed by atoms with Gasteiger partial charge in [-0.2, -0.15) is 0 Å². The molecule has 0 saturated carbocycles. The number of aromatic carboxylic acids is 1. The molecule has 1 amide bonds. The third-order valence-corrected chi connectivity index (χ3v) is 5.12. The Labute approximate surface area is 202 Å². The highest BCUT2D eigenvalue weighted by Crippen LogP contribution is 2.33. The third kappa shape index (κ3) is 5.00. The van der Waals surface area contributed by atoms with Gasteiger partial charge in [-0.25, -0.2) is 4.79 Å². The van der Waals surface area contributed by atoms with Gasteiger partial charge in [0.1, 0.15) is 11.5 Å². The number of aromatic nitrogens is 1. The maximum Gasteiger partial charge on any atom is 0.337 e. The number of phenolic OH excluding ortho intramolecular Hbond substituents is 1. The van der Waals surface area contributed by atoms with Gasteiger partial charge in [0.05, 0.1) is 29.6 Å². The van der Waals surface area contributed by atoms with Crippen molar-refractivity contribution in [2.45, 2.75) is 0 Å². The second-order valence-electron chi connectivity index (χ2n) is 7.17. The summed E-state index contributed by atoms with van der Waals surface area (Å²) < 4.78 is 5.40. The van der Waals surface area contributed by atoms with Crippen molar-refractivity contribution in [2.24, 2.45) is 0 Å². The van der Waals surface area contributed by atoms with Crippen LogP contribution in [0.25, 0.3) is 22.4 Å². The number of anilines is 1. The van der Waals surface area contributed by atoms with Gasteiger partial charge in [0.25, 0.3) is 5.91 Å². The fourth-order valence-electron chi connectivity index (χ4n) is 3.49. The number of phenols is 1. The molecule has 0 aliphatic rings. The van der Waals surface area contributed by atoms with Crippen LogP contribution in [0.3, 0.4) is 0 Å². The van der Waals surface area contributed by atoms with Gasteiger partial charge in [0, 0.05) is 17.3 Å². The van der Waals surface area contributed by atoms with Crippen molar-refractivity contribution >= 4 is 30.0 Å². The fraction of sp³-hybridized carbons (Fsp3) is 0.0385. The monoisotopic (exact) mass is 476 g/mol. The summed E-state index contributed by atoms with van der Waals surface area (Å²) in [5, 5.41) is 22.6. The number of carbonyl (C=O) groups is 2. The lowest BCUT2D eigenvalue weighted by Gasteiger charge is -2.14. The van der Waals surface area contributed by atoms with E-state index < -0.39 is 11.9 Å². The van der Waals surface area contributed by atoms with E-state index in [1.54, 1.807) is 49.7 Å². The van der Waals surface area contributed by atoms with Crippen LogP contribution in [-0.4, -0.2) is 34.2 Å². The summed E-state index contributed by atoms with van der Waals surface area (Å²) in [5.41, 5.74) is 2.69. The third-order valence-electron chi connectivity index (χ3n) is 5.12. The zero-order valence-electron chi connectivity index (χ0n) is 18.1. The molecule has 0 atom stereocenters. The van der Waals surface area contributed by atoms with Gasteiger partial charge in [0.2, 0.25) is 0 Å². The van der Waals surface area contributed by atoms with Crippen molar-refractivity contribution in [1.82, 2.24) is 4.98 Å². The van der Waals surface area contributed by atoms with E-state index in [0.29, 0.717) is 22.6 Å². The van der Waals surface area contributed by atoms with Crippen LogP contribution in [-0.2, 0) is 0 Å². The van der Waals surface area contributed by atoms with Gasteiger partial charge in [-0.3, -0.25) is 9.78 Å². The Bertz CT molecular complexity index is 1340. The molecule has 34 heavy (non-hydrogen) atoms. The van der Waals surface area contributed by atoms with Crippen molar-refractivity contribution in [1.29, 1.82) is 0 Å². The quantitative estimate of drug-likeness (QED) is 0.339. The Balaban J connectivity index is 0.00000324. The van der Waals surface area contributed by atoms with Gasteiger partial charge in [-0.05, 0) is 54.1 Å². The molecule has 4 rings (SSSR count). The number of hydrogen-bond acceptors (Lipinski definition) is 5. The van der Waals surface area contributed by atoms with Crippen molar-refractivity contribution in [3.05, 3.63) is 96.2 Å². The molecule has 1 aromatic heterocycles. The highest BCUT2D eigenvalue weighted by atomic mass is 35.5. The average Bonchev–Trinajstić information content (AvgIpc) is 2.84. The molecule has 172 valence electrons. The van der Waals surface area contributed by atoms with Crippen LogP contribution in [0.4, 0.5) is 5.69 Å². The van der Waals surface area contributed by atoms with E-state index in [1.807, 2.05) is 24.3 Å². The predicted molar refractivity (Wildman–Crippen MR) is 132 cm³/mol. The number of ether oxygens (including phenoxy) is 1. The van der Waals surface area contributed by atoms with Gasteiger partial charge in [-0.1, -0.05) is 30.3 Å². The van der Waals surface area contributed by atoms with Crippen molar-refractivity contribution in [3.63, 3.8) is 0 Å². The molecule has 0 aliphatic carbocycles. The number of halogens is 1. The zero-order valence-corrected chi connectivity index (χ0v) is 18.9. The highest BCUT2D eigenvalue weighted by molar-refractivity contribution is 6.10. The normalized spacial score (nSPS) is 10.1. The molecule has 4 aromatic rings. The smallest absolute Gasteiger partial charge is 0.337 e. The molecular formula is C26H21ClN2O5. The number of aromatic hydroxyl groups is 1. The number of hydrogen-bond donors (Lipinski definition) is 3. The van der Waals surface area contributed by atoms with Gasteiger partial charge >= 0.3 is 5.97 Å². The molecule has 1 heterocycles. The van der Waals surface area contributed by atoms with E-state index in [4.69, 9.17) is 4.74 Å². The fourth-order valence-corrected chi connectivity index (χ4v) is 3.49. The predicted octanol–water partition coefficient (Wildman–Crippen LogP) is 5.50. The van der Waals surface area contributed by atoms with Crippen LogP contribution in [0.2, 0.25) is 0 Å². The maximum atomic E-state index is 13.1. The summed E-state index contributed by atoms with van der Waals surface area (Å²) in [6.07, 6.45) is 1.63. The summed E-state index contributed by atoms with van der Waals surface area (Å²) in [7, 11) is 1.55. The SMILES string of the molecule is COc1ccccc1-c1ccc(C(=O)O)c(NC(=O)c2cc(-c3ccccn3)ccc2O)c1.Cl. The number of nitrogens with one attached hydrogen (secondary N) is 1. The van der Waals surface area contributed by atoms with E-state index in [9.17, 15) is 19.8 Å². The maximum absolute atomic E-state index is 13.1. The number of pyridine rings is 1. The second-order valence-corrected chi connectivity index (χ2v) is 7.17. The standard InChI is InChI=1S/C26H20N2O5.ClH/c1-33-24-8-3-2-6-18(24)16-9-11-19(26(31)32)22(15-16)28-25(30)20-14-17(10-12-23(20)29)21-7-4-5-13-27-21;/h2-15,29H,1H3,(H,28,30)(H,31,32);1H. The van der Waals surface area contributed by atoms with Crippen molar-refractivity contribution in [3.8, 4) is 33.9 Å². The minimum atomic E-state index is -1.19. The van der Waals surface area contributed by atoms with Crippen molar-refractivity contribution in [2.75, 3.05) is 12.4 Å². The number of nitrogens with zero attached hydrogens (tertiary/aromatic N) is 1. The van der Waals surface area contributed by atoms with Crippen molar-refractivity contribution < 1.29 is 24.5 Å². The second kappa shape index (κ2) is 10.5.